The van der Waals surface area contributed by atoms with Gasteiger partial charge >= 0.3 is 0 Å². The molecular formula is C13H15Br2N3. The predicted octanol–water partition coefficient (Wildman–Crippen LogP) is 3.45. The topological polar surface area (TPSA) is 29.9 Å². The second-order valence-corrected chi connectivity index (χ2v) is 5.94. The van der Waals surface area contributed by atoms with Gasteiger partial charge in [0.25, 0.3) is 0 Å². The Kier molecular flexibility index (Phi) is 4.59. The second-order valence-electron chi connectivity index (χ2n) is 4.17. The van der Waals surface area contributed by atoms with Gasteiger partial charge in [0.15, 0.2) is 0 Å². The number of nitrogens with zero attached hydrogens (tertiary/aromatic N) is 2. The number of hydrogen-bond acceptors (Lipinski definition) is 2. The van der Waals surface area contributed by atoms with Crippen molar-refractivity contribution in [3.05, 3.63) is 50.9 Å². The Morgan fingerprint density at radius 3 is 2.72 bits per heavy atom. The fourth-order valence-corrected chi connectivity index (χ4v) is 3.25. The van der Waals surface area contributed by atoms with Crippen LogP contribution in [-0.4, -0.2) is 16.6 Å². The van der Waals surface area contributed by atoms with E-state index in [1.54, 1.807) is 0 Å². The molecule has 1 atom stereocenters. The highest BCUT2D eigenvalue weighted by Crippen LogP contribution is 2.28. The number of nitrogens with one attached hydrogen (secondary N) is 1. The van der Waals surface area contributed by atoms with Gasteiger partial charge in [-0.15, -0.1) is 0 Å². The van der Waals surface area contributed by atoms with E-state index in [0.717, 1.165) is 21.2 Å². The van der Waals surface area contributed by atoms with Crippen molar-refractivity contribution in [1.82, 2.24) is 14.9 Å². The highest BCUT2D eigenvalue weighted by Gasteiger charge is 2.15. The van der Waals surface area contributed by atoms with E-state index in [1.165, 1.54) is 5.56 Å². The molecule has 0 saturated carbocycles. The molecular weight excluding hydrogens is 358 g/mol. The zero-order valence-electron chi connectivity index (χ0n) is 10.3. The number of hydrogen-bond donors (Lipinski definition) is 1. The molecule has 1 unspecified atom stereocenters. The van der Waals surface area contributed by atoms with Crippen LogP contribution in [-0.2, 0) is 13.5 Å². The third-order valence-corrected chi connectivity index (χ3v) is 4.17. The number of rotatable bonds is 4. The van der Waals surface area contributed by atoms with Crippen molar-refractivity contribution >= 4 is 31.9 Å². The molecule has 5 heteroatoms. The molecule has 0 amide bonds. The van der Waals surface area contributed by atoms with E-state index in [4.69, 9.17) is 0 Å². The van der Waals surface area contributed by atoms with Crippen LogP contribution in [0.15, 0.2) is 39.5 Å². The van der Waals surface area contributed by atoms with Crippen LogP contribution in [0.25, 0.3) is 0 Å². The van der Waals surface area contributed by atoms with Gasteiger partial charge in [-0.2, -0.15) is 0 Å². The normalized spacial score (nSPS) is 12.7. The van der Waals surface area contributed by atoms with Gasteiger partial charge in [-0.25, -0.2) is 4.98 Å². The van der Waals surface area contributed by atoms with E-state index in [0.29, 0.717) is 0 Å². The van der Waals surface area contributed by atoms with Crippen LogP contribution in [0.3, 0.4) is 0 Å². The maximum Gasteiger partial charge on any atom is 0.110 e. The average molecular weight is 373 g/mol. The molecule has 96 valence electrons. The molecule has 0 bridgehead atoms. The lowest BCUT2D eigenvalue weighted by Crippen LogP contribution is -2.20. The molecule has 0 radical (unpaired) electrons. The highest BCUT2D eigenvalue weighted by molar-refractivity contribution is 9.11. The number of benzene rings is 1. The molecule has 0 aliphatic rings. The van der Waals surface area contributed by atoms with Crippen LogP contribution in [0.5, 0.6) is 0 Å². The molecule has 0 aliphatic carbocycles. The van der Waals surface area contributed by atoms with Crippen molar-refractivity contribution in [2.24, 2.45) is 7.05 Å². The van der Waals surface area contributed by atoms with Crippen molar-refractivity contribution < 1.29 is 0 Å². The van der Waals surface area contributed by atoms with Gasteiger partial charge in [0.1, 0.15) is 5.82 Å². The third-order valence-electron chi connectivity index (χ3n) is 2.99. The smallest absolute Gasteiger partial charge is 0.110 e. The number of likely N-dealkylation sites (N-methyl/N-ethyl adjacent to an activating group) is 1. The third kappa shape index (κ3) is 3.02. The predicted molar refractivity (Wildman–Crippen MR) is 80.6 cm³/mol. The summed E-state index contributed by atoms with van der Waals surface area (Å²) in [6, 6.07) is 6.49. The Hall–Kier alpha value is -0.650. The first kappa shape index (κ1) is 13.8. The van der Waals surface area contributed by atoms with Crippen LogP contribution in [0, 0.1) is 0 Å². The van der Waals surface area contributed by atoms with Crippen molar-refractivity contribution in [1.29, 1.82) is 0 Å². The summed E-state index contributed by atoms with van der Waals surface area (Å²) in [5, 5.41) is 3.35. The second kappa shape index (κ2) is 5.99. The Morgan fingerprint density at radius 1 is 1.39 bits per heavy atom. The molecule has 0 aliphatic heterocycles. The zero-order chi connectivity index (χ0) is 13.1. The molecule has 2 rings (SSSR count). The van der Waals surface area contributed by atoms with Gasteiger partial charge in [0, 0.05) is 40.8 Å². The molecule has 18 heavy (non-hydrogen) atoms. The van der Waals surface area contributed by atoms with E-state index in [2.05, 4.69) is 64.9 Å². The lowest BCUT2D eigenvalue weighted by atomic mass is 10.0. The lowest BCUT2D eigenvalue weighted by Gasteiger charge is -2.18. The van der Waals surface area contributed by atoms with Crippen LogP contribution < -0.4 is 5.32 Å². The van der Waals surface area contributed by atoms with Gasteiger partial charge in [-0.05, 0) is 24.7 Å². The van der Waals surface area contributed by atoms with Gasteiger partial charge < -0.3 is 9.88 Å². The summed E-state index contributed by atoms with van der Waals surface area (Å²) in [5.74, 6) is 1.07. The minimum absolute atomic E-state index is 0.244. The molecule has 0 fully saturated rings. The molecule has 1 N–H and O–H groups in total. The lowest BCUT2D eigenvalue weighted by molar-refractivity contribution is 0.561. The maximum atomic E-state index is 4.37. The van der Waals surface area contributed by atoms with E-state index < -0.39 is 0 Å². The summed E-state index contributed by atoms with van der Waals surface area (Å²) >= 11 is 7.09. The van der Waals surface area contributed by atoms with Crippen molar-refractivity contribution in [2.75, 3.05) is 7.05 Å². The summed E-state index contributed by atoms with van der Waals surface area (Å²) in [7, 11) is 3.99. The average Bonchev–Trinajstić information content (AvgIpc) is 2.73. The van der Waals surface area contributed by atoms with Gasteiger partial charge in [0.2, 0.25) is 0 Å². The molecule has 1 aromatic heterocycles. The minimum atomic E-state index is 0.244. The van der Waals surface area contributed by atoms with Crippen molar-refractivity contribution in [2.45, 2.75) is 12.5 Å². The highest BCUT2D eigenvalue weighted by atomic mass is 79.9. The quantitative estimate of drug-likeness (QED) is 0.890. The molecule has 0 spiro atoms. The van der Waals surface area contributed by atoms with E-state index >= 15 is 0 Å². The van der Waals surface area contributed by atoms with E-state index in [1.807, 2.05) is 26.5 Å². The minimum Gasteiger partial charge on any atom is -0.338 e. The van der Waals surface area contributed by atoms with Crippen LogP contribution in [0.1, 0.15) is 17.4 Å². The first-order valence-corrected chi connectivity index (χ1v) is 7.29. The van der Waals surface area contributed by atoms with Gasteiger partial charge in [0.05, 0.1) is 0 Å². The number of imidazole rings is 1. The Morgan fingerprint density at radius 2 is 2.17 bits per heavy atom. The first-order valence-electron chi connectivity index (χ1n) is 5.70. The van der Waals surface area contributed by atoms with Crippen LogP contribution >= 0.6 is 31.9 Å². The maximum absolute atomic E-state index is 4.37. The summed E-state index contributed by atoms with van der Waals surface area (Å²) in [6.45, 7) is 0. The number of aryl methyl sites for hydroxylation is 1. The monoisotopic (exact) mass is 371 g/mol. The standard InChI is InChI=1S/C13H15Br2N3/c1-16-12(8-13-17-5-6-18(13)2)10-4-3-9(14)7-11(10)15/h3-7,12,16H,8H2,1-2H3. The van der Waals surface area contributed by atoms with Crippen LogP contribution in [0.4, 0.5) is 0 Å². The summed E-state index contributed by atoms with van der Waals surface area (Å²) in [5.41, 5.74) is 1.24. The summed E-state index contributed by atoms with van der Waals surface area (Å²) < 4.78 is 4.23. The summed E-state index contributed by atoms with van der Waals surface area (Å²) in [6.07, 6.45) is 4.66. The SMILES string of the molecule is CNC(Cc1nccn1C)c1ccc(Br)cc1Br. The van der Waals surface area contributed by atoms with E-state index in [9.17, 15) is 0 Å². The molecule has 0 saturated heterocycles. The van der Waals surface area contributed by atoms with Gasteiger partial charge in [-0.3, -0.25) is 0 Å². The number of aromatic nitrogens is 2. The molecule has 3 nitrogen and oxygen atoms in total. The number of halogens is 2. The molecule has 2 aromatic rings. The van der Waals surface area contributed by atoms with Crippen molar-refractivity contribution in [3.8, 4) is 0 Å². The van der Waals surface area contributed by atoms with Crippen LogP contribution in [0.2, 0.25) is 0 Å². The van der Waals surface area contributed by atoms with E-state index in [-0.39, 0.29) is 6.04 Å². The Balaban J connectivity index is 2.26. The largest absolute Gasteiger partial charge is 0.338 e. The Bertz CT molecular complexity index is 537. The zero-order valence-corrected chi connectivity index (χ0v) is 13.5. The van der Waals surface area contributed by atoms with Crippen molar-refractivity contribution in [3.63, 3.8) is 0 Å². The fraction of sp³-hybridized carbons (Fsp3) is 0.308. The van der Waals surface area contributed by atoms with Gasteiger partial charge in [-0.1, -0.05) is 37.9 Å². The first-order chi connectivity index (χ1) is 8.61. The molecule has 1 heterocycles. The molecule has 1 aromatic carbocycles. The summed E-state index contributed by atoms with van der Waals surface area (Å²) in [4.78, 5) is 4.37. The fourth-order valence-electron chi connectivity index (χ4n) is 1.93. The Labute approximate surface area is 124 Å².